The number of carbonyl (C=O) groups excluding carboxylic acids is 2. The van der Waals surface area contributed by atoms with Crippen LogP contribution < -0.4 is 9.47 Å². The molecule has 2 amide bonds. The van der Waals surface area contributed by atoms with Crippen LogP contribution in [0.3, 0.4) is 0 Å². The minimum atomic E-state index is -0.503. The summed E-state index contributed by atoms with van der Waals surface area (Å²) in [4.78, 5) is 37.1. The van der Waals surface area contributed by atoms with Gasteiger partial charge >= 0.3 is 0 Å². The molecule has 4 rings (SSSR count). The molecule has 3 aromatic rings. The highest BCUT2D eigenvalue weighted by Crippen LogP contribution is 2.35. The monoisotopic (exact) mass is 524 g/mol. The van der Waals surface area contributed by atoms with Gasteiger partial charge in [-0.3, -0.25) is 24.6 Å². The number of rotatable bonds is 9. The molecule has 0 radical (unpaired) electrons. The average molecular weight is 525 g/mol. The second-order valence-electron chi connectivity index (χ2n) is 7.75. The number of benzene rings is 3. The summed E-state index contributed by atoms with van der Waals surface area (Å²) < 4.78 is 11.7. The first-order valence-corrected chi connectivity index (χ1v) is 12.2. The number of nitro benzene ring substituents is 1. The van der Waals surface area contributed by atoms with Crippen LogP contribution in [-0.4, -0.2) is 27.6 Å². The number of hydrogen-bond acceptors (Lipinski definition) is 7. The summed E-state index contributed by atoms with van der Waals surface area (Å²) in [7, 11) is 0. The molecule has 1 fully saturated rings. The quantitative estimate of drug-likeness (QED) is 0.180. The van der Waals surface area contributed by atoms with E-state index in [-0.39, 0.29) is 17.1 Å². The third-order valence-corrected chi connectivity index (χ3v) is 6.35. The zero-order chi connectivity index (χ0) is 25.7. The molecule has 1 aliphatic rings. The van der Waals surface area contributed by atoms with Crippen molar-refractivity contribution in [2.75, 3.05) is 6.61 Å². The molecule has 10 heteroatoms. The van der Waals surface area contributed by atoms with Crippen LogP contribution >= 0.6 is 23.4 Å². The number of ether oxygens (including phenoxy) is 2. The molecule has 1 saturated heterocycles. The number of carbonyl (C=O) groups is 2. The molecule has 0 aromatic heterocycles. The first-order valence-electron chi connectivity index (χ1n) is 11.0. The van der Waals surface area contributed by atoms with Crippen molar-refractivity contribution >= 4 is 46.3 Å². The molecule has 184 valence electrons. The van der Waals surface area contributed by atoms with E-state index in [1.807, 2.05) is 25.1 Å². The third kappa shape index (κ3) is 6.05. The molecule has 0 saturated carbocycles. The number of nitrogens with zero attached hydrogens (tertiary/aromatic N) is 2. The van der Waals surface area contributed by atoms with Crippen LogP contribution in [0.2, 0.25) is 5.02 Å². The number of non-ortho nitro benzene ring substituents is 1. The predicted octanol–water partition coefficient (Wildman–Crippen LogP) is 6.46. The summed E-state index contributed by atoms with van der Waals surface area (Å²) in [6, 6.07) is 18.4. The van der Waals surface area contributed by atoms with E-state index in [0.29, 0.717) is 40.9 Å². The van der Waals surface area contributed by atoms with E-state index in [1.54, 1.807) is 30.3 Å². The van der Waals surface area contributed by atoms with Crippen molar-refractivity contribution in [2.24, 2.45) is 0 Å². The lowest BCUT2D eigenvalue weighted by molar-refractivity contribution is -0.384. The topological polar surface area (TPSA) is 99.0 Å². The maximum atomic E-state index is 12.9. The summed E-state index contributed by atoms with van der Waals surface area (Å²) in [6.45, 7) is 2.61. The maximum Gasteiger partial charge on any atom is 0.293 e. The molecule has 36 heavy (non-hydrogen) atoms. The number of amides is 2. The van der Waals surface area contributed by atoms with Crippen LogP contribution in [0.4, 0.5) is 10.5 Å². The summed E-state index contributed by atoms with van der Waals surface area (Å²) in [6.07, 6.45) is 1.63. The van der Waals surface area contributed by atoms with Gasteiger partial charge in [0, 0.05) is 17.2 Å². The smallest absolute Gasteiger partial charge is 0.293 e. The fourth-order valence-electron chi connectivity index (χ4n) is 3.48. The van der Waals surface area contributed by atoms with Gasteiger partial charge in [0.1, 0.15) is 6.61 Å². The standard InChI is InChI=1S/C26H21ClN2O6S/c1-2-34-23-13-18(8-11-22(23)35-16-19-4-3-5-20(27)12-19)14-24-25(30)28(26(31)36-24)15-17-6-9-21(10-7-17)29(32)33/h3-14H,2,15-16H2,1H3/b24-14-. The molecule has 1 heterocycles. The molecule has 8 nitrogen and oxygen atoms in total. The Labute approximate surface area is 216 Å². The molecule has 1 aliphatic heterocycles. The van der Waals surface area contributed by atoms with Crippen molar-refractivity contribution in [3.05, 3.63) is 103 Å². The Kier molecular flexibility index (Phi) is 7.92. The fourth-order valence-corrected chi connectivity index (χ4v) is 4.53. The lowest BCUT2D eigenvalue weighted by atomic mass is 10.1. The fraction of sp³-hybridized carbons (Fsp3) is 0.154. The van der Waals surface area contributed by atoms with Gasteiger partial charge in [0.05, 0.1) is 23.0 Å². The van der Waals surface area contributed by atoms with Crippen molar-refractivity contribution in [3.8, 4) is 11.5 Å². The Balaban J connectivity index is 1.49. The zero-order valence-electron chi connectivity index (χ0n) is 19.2. The first kappa shape index (κ1) is 25.3. The van der Waals surface area contributed by atoms with E-state index in [9.17, 15) is 19.7 Å². The number of imide groups is 1. The molecule has 0 atom stereocenters. The van der Waals surface area contributed by atoms with Crippen LogP contribution in [0.25, 0.3) is 6.08 Å². The van der Waals surface area contributed by atoms with Gasteiger partial charge in [-0.1, -0.05) is 41.9 Å². The molecule has 3 aromatic carbocycles. The molecule has 0 aliphatic carbocycles. The highest BCUT2D eigenvalue weighted by Gasteiger charge is 2.35. The van der Waals surface area contributed by atoms with Gasteiger partial charge in [-0.05, 0) is 65.7 Å². The van der Waals surface area contributed by atoms with E-state index >= 15 is 0 Å². The molecule has 0 N–H and O–H groups in total. The normalized spacial score (nSPS) is 14.4. The number of nitro groups is 1. The van der Waals surface area contributed by atoms with Gasteiger partial charge in [0.25, 0.3) is 16.8 Å². The van der Waals surface area contributed by atoms with E-state index in [2.05, 4.69) is 0 Å². The minimum Gasteiger partial charge on any atom is -0.490 e. The number of halogens is 1. The largest absolute Gasteiger partial charge is 0.490 e. The molecule has 0 unspecified atom stereocenters. The number of thioether (sulfide) groups is 1. The molecular weight excluding hydrogens is 504 g/mol. The van der Waals surface area contributed by atoms with Gasteiger partial charge in [-0.25, -0.2) is 0 Å². The minimum absolute atomic E-state index is 0.0283. The third-order valence-electron chi connectivity index (χ3n) is 5.21. The lowest BCUT2D eigenvalue weighted by Gasteiger charge is -2.13. The summed E-state index contributed by atoms with van der Waals surface area (Å²) >= 11 is 6.88. The van der Waals surface area contributed by atoms with E-state index in [1.165, 1.54) is 24.3 Å². The number of hydrogen-bond donors (Lipinski definition) is 0. The molecule has 0 spiro atoms. The Hall–Kier alpha value is -3.82. The van der Waals surface area contributed by atoms with Crippen LogP contribution in [-0.2, 0) is 17.9 Å². The van der Waals surface area contributed by atoms with Gasteiger partial charge in [-0.15, -0.1) is 0 Å². The van der Waals surface area contributed by atoms with Gasteiger partial charge in [-0.2, -0.15) is 0 Å². The van der Waals surface area contributed by atoms with E-state index in [4.69, 9.17) is 21.1 Å². The van der Waals surface area contributed by atoms with Crippen LogP contribution in [0, 0.1) is 10.1 Å². The van der Waals surface area contributed by atoms with E-state index in [0.717, 1.165) is 22.2 Å². The predicted molar refractivity (Wildman–Crippen MR) is 138 cm³/mol. The van der Waals surface area contributed by atoms with Gasteiger partial charge < -0.3 is 9.47 Å². The Morgan fingerprint density at radius 3 is 2.47 bits per heavy atom. The van der Waals surface area contributed by atoms with E-state index < -0.39 is 16.1 Å². The van der Waals surface area contributed by atoms with Gasteiger partial charge in [0.2, 0.25) is 0 Å². The van der Waals surface area contributed by atoms with Crippen LogP contribution in [0.1, 0.15) is 23.6 Å². The second-order valence-corrected chi connectivity index (χ2v) is 9.18. The average Bonchev–Trinajstić information content (AvgIpc) is 3.11. The van der Waals surface area contributed by atoms with Crippen molar-refractivity contribution in [1.82, 2.24) is 4.90 Å². The first-order chi connectivity index (χ1) is 17.3. The van der Waals surface area contributed by atoms with Gasteiger partial charge in [0.15, 0.2) is 11.5 Å². The Morgan fingerprint density at radius 1 is 1.00 bits per heavy atom. The zero-order valence-corrected chi connectivity index (χ0v) is 20.8. The Morgan fingerprint density at radius 2 is 1.78 bits per heavy atom. The summed E-state index contributed by atoms with van der Waals surface area (Å²) in [5.74, 6) is 0.626. The van der Waals surface area contributed by atoms with Crippen LogP contribution in [0.5, 0.6) is 11.5 Å². The molecule has 0 bridgehead atoms. The van der Waals surface area contributed by atoms with Crippen LogP contribution in [0.15, 0.2) is 71.6 Å². The summed E-state index contributed by atoms with van der Waals surface area (Å²) in [5, 5.41) is 11.0. The van der Waals surface area contributed by atoms with Crippen molar-refractivity contribution < 1.29 is 24.0 Å². The highest BCUT2D eigenvalue weighted by atomic mass is 35.5. The maximum absolute atomic E-state index is 12.9. The SMILES string of the molecule is CCOc1cc(/C=C2\SC(=O)N(Cc3ccc([N+](=O)[O-])cc3)C2=O)ccc1OCc1cccc(Cl)c1. The van der Waals surface area contributed by atoms with Crippen molar-refractivity contribution in [1.29, 1.82) is 0 Å². The van der Waals surface area contributed by atoms with Crippen molar-refractivity contribution in [2.45, 2.75) is 20.1 Å². The second kappa shape index (κ2) is 11.3. The summed E-state index contributed by atoms with van der Waals surface area (Å²) in [5.41, 5.74) is 2.15. The molecular formula is C26H21ClN2O6S. The lowest BCUT2D eigenvalue weighted by Crippen LogP contribution is -2.27. The Bertz CT molecular complexity index is 1340. The van der Waals surface area contributed by atoms with Crippen molar-refractivity contribution in [3.63, 3.8) is 0 Å². The highest BCUT2D eigenvalue weighted by molar-refractivity contribution is 8.18.